The number of hydrogen-bond acceptors (Lipinski definition) is 5. The number of nitrogens with zero attached hydrogens (tertiary/aromatic N) is 1. The molecule has 0 N–H and O–H groups in total. The molecule has 0 heterocycles. The van der Waals surface area contributed by atoms with Crippen LogP contribution in [0.1, 0.15) is 0 Å². The fourth-order valence-electron chi connectivity index (χ4n) is 0.892. The van der Waals surface area contributed by atoms with Crippen LogP contribution < -0.4 is 51.4 Å². The normalized spacial score (nSPS) is 10.7. The van der Waals surface area contributed by atoms with E-state index in [0.717, 1.165) is 12.1 Å². The summed E-state index contributed by atoms with van der Waals surface area (Å²) >= 11 is 10.8. The zero-order valence-corrected chi connectivity index (χ0v) is 13.3. The Hall–Kier alpha value is 0.746. The third-order valence-corrected chi connectivity index (χ3v) is 3.32. The first-order valence-corrected chi connectivity index (χ1v) is 5.50. The molecule has 0 saturated heterocycles. The van der Waals surface area contributed by atoms with Gasteiger partial charge in [0, 0.05) is 6.07 Å². The molecule has 0 aromatic heterocycles. The average Bonchev–Trinajstić information content (AvgIpc) is 2.00. The summed E-state index contributed by atoms with van der Waals surface area (Å²) in [5, 5.41) is 9.17. The summed E-state index contributed by atoms with van der Waals surface area (Å²) in [6, 6.07) is 1.84. The number of rotatable bonds is 2. The van der Waals surface area contributed by atoms with Crippen LogP contribution in [0, 0.1) is 10.1 Å². The van der Waals surface area contributed by atoms with Crippen LogP contribution >= 0.6 is 23.2 Å². The summed E-state index contributed by atoms with van der Waals surface area (Å²) in [6.07, 6.45) is 0. The Bertz CT molecular complexity index is 532. The number of benzene rings is 1. The molecule has 0 radical (unpaired) electrons. The van der Waals surface area contributed by atoms with Crippen molar-refractivity contribution in [3.05, 3.63) is 32.3 Å². The van der Waals surface area contributed by atoms with Gasteiger partial charge in [0.05, 0.1) is 14.8 Å². The fraction of sp³-hybridized carbons (Fsp3) is 0. The molecule has 6 nitrogen and oxygen atoms in total. The van der Waals surface area contributed by atoms with E-state index in [-0.39, 0.29) is 51.4 Å². The van der Waals surface area contributed by atoms with Crippen LogP contribution in [-0.2, 0) is 10.1 Å². The van der Waals surface area contributed by atoms with Crippen LogP contribution in [0.15, 0.2) is 17.0 Å². The summed E-state index contributed by atoms with van der Waals surface area (Å²) in [6.45, 7) is 0. The molecule has 1 aromatic carbocycles. The van der Waals surface area contributed by atoms with Crippen molar-refractivity contribution < 1.29 is 69.3 Å². The van der Waals surface area contributed by atoms with Crippen LogP contribution in [0.4, 0.5) is 5.69 Å². The molecular weight excluding hydrogens is 308 g/mol. The van der Waals surface area contributed by atoms with E-state index in [4.69, 9.17) is 23.2 Å². The molecule has 10 heteroatoms. The van der Waals surface area contributed by atoms with Crippen LogP contribution in [-0.4, -0.2) is 17.9 Å². The molecule has 16 heavy (non-hydrogen) atoms. The molecule has 0 unspecified atom stereocenters. The minimum atomic E-state index is -4.94. The van der Waals surface area contributed by atoms with E-state index in [1.807, 2.05) is 0 Å². The van der Waals surface area contributed by atoms with Gasteiger partial charge in [-0.15, -0.1) is 0 Å². The first-order chi connectivity index (χ1) is 6.75. The van der Waals surface area contributed by atoms with E-state index in [1.165, 1.54) is 0 Å². The number of halogens is 2. The van der Waals surface area contributed by atoms with Gasteiger partial charge < -0.3 is 4.55 Å². The quantitative estimate of drug-likeness (QED) is 0.296. The molecule has 0 aliphatic heterocycles. The van der Waals surface area contributed by atoms with E-state index in [9.17, 15) is 23.1 Å². The van der Waals surface area contributed by atoms with Crippen molar-refractivity contribution in [1.82, 2.24) is 0 Å². The first-order valence-electron chi connectivity index (χ1n) is 3.33. The molecule has 0 spiro atoms. The second-order valence-electron chi connectivity index (χ2n) is 2.42. The molecule has 0 saturated carbocycles. The van der Waals surface area contributed by atoms with Crippen molar-refractivity contribution in [2.24, 2.45) is 0 Å². The first kappa shape index (κ1) is 16.7. The molecule has 82 valence electrons. The van der Waals surface area contributed by atoms with Crippen molar-refractivity contribution in [3.63, 3.8) is 0 Å². The molecule has 1 aromatic rings. The van der Waals surface area contributed by atoms with E-state index in [1.54, 1.807) is 0 Å². The van der Waals surface area contributed by atoms with Crippen LogP contribution in [0.25, 0.3) is 0 Å². The summed E-state index contributed by atoms with van der Waals surface area (Å²) in [5.74, 6) is 0. The summed E-state index contributed by atoms with van der Waals surface area (Å²) in [7, 11) is -4.94. The van der Waals surface area contributed by atoms with Crippen molar-refractivity contribution in [2.75, 3.05) is 0 Å². The van der Waals surface area contributed by atoms with Crippen molar-refractivity contribution in [3.8, 4) is 0 Å². The predicted octanol–water partition coefficient (Wildman–Crippen LogP) is -1.19. The SMILES string of the molecule is O=[N+]([O-])c1ccc(Cl)c(S(=O)(=O)[O-])c1Cl.[K+]. The van der Waals surface area contributed by atoms with Gasteiger partial charge in [-0.1, -0.05) is 23.2 Å². The van der Waals surface area contributed by atoms with Gasteiger partial charge in [0.15, 0.2) is 0 Å². The Labute approximate surface area is 143 Å². The van der Waals surface area contributed by atoms with Crippen LogP contribution in [0.2, 0.25) is 10.0 Å². The average molecular weight is 310 g/mol. The zero-order chi connectivity index (χ0) is 11.8. The summed E-state index contributed by atoms with van der Waals surface area (Å²) < 4.78 is 32.1. The van der Waals surface area contributed by atoms with Gasteiger partial charge in [0.1, 0.15) is 15.1 Å². The maximum absolute atomic E-state index is 10.7. The van der Waals surface area contributed by atoms with Gasteiger partial charge in [0.25, 0.3) is 5.69 Å². The Balaban J connectivity index is 0.00000225. The minimum Gasteiger partial charge on any atom is -0.744 e. The van der Waals surface area contributed by atoms with E-state index < -0.39 is 35.7 Å². The molecule has 0 aliphatic rings. The van der Waals surface area contributed by atoms with Gasteiger partial charge >= 0.3 is 51.4 Å². The smallest absolute Gasteiger partial charge is 0.744 e. The topological polar surface area (TPSA) is 100 Å². The van der Waals surface area contributed by atoms with Crippen molar-refractivity contribution in [1.29, 1.82) is 0 Å². The largest absolute Gasteiger partial charge is 1.00 e. The van der Waals surface area contributed by atoms with Gasteiger partial charge in [-0.2, -0.15) is 0 Å². The van der Waals surface area contributed by atoms with E-state index in [0.29, 0.717) is 0 Å². The molecule has 0 amide bonds. The molecule has 0 atom stereocenters. The molecule has 1 rings (SSSR count). The fourth-order valence-corrected chi connectivity index (χ4v) is 2.53. The maximum atomic E-state index is 10.7. The Kier molecular flexibility index (Phi) is 6.36. The molecule has 0 fully saturated rings. The maximum Gasteiger partial charge on any atom is 1.00 e. The molecule has 0 aliphatic carbocycles. The standard InChI is InChI=1S/C6H3Cl2NO5S.K/c7-3-1-2-4(9(10)11)5(8)6(3)15(12,13)14;/h1-2H,(H,12,13,14);/q;+1/p-1. The monoisotopic (exact) mass is 309 g/mol. The number of hydrogen-bond donors (Lipinski definition) is 0. The third kappa shape index (κ3) is 3.62. The second kappa shape index (κ2) is 6.07. The molecular formula is C6H2Cl2KNO5S. The zero-order valence-electron chi connectivity index (χ0n) is 7.81. The Morgan fingerprint density at radius 1 is 1.25 bits per heavy atom. The Morgan fingerprint density at radius 3 is 2.12 bits per heavy atom. The van der Waals surface area contributed by atoms with Crippen LogP contribution in [0.5, 0.6) is 0 Å². The van der Waals surface area contributed by atoms with Gasteiger partial charge in [-0.25, -0.2) is 8.42 Å². The van der Waals surface area contributed by atoms with Gasteiger partial charge in [-0.05, 0) is 6.07 Å². The summed E-state index contributed by atoms with van der Waals surface area (Å²) in [5.41, 5.74) is -0.685. The van der Waals surface area contributed by atoms with Gasteiger partial charge in [-0.3, -0.25) is 10.1 Å². The van der Waals surface area contributed by atoms with Crippen molar-refractivity contribution >= 4 is 39.0 Å². The van der Waals surface area contributed by atoms with E-state index >= 15 is 0 Å². The minimum absolute atomic E-state index is 0. The van der Waals surface area contributed by atoms with Crippen LogP contribution in [0.3, 0.4) is 0 Å². The predicted molar refractivity (Wildman–Crippen MR) is 51.1 cm³/mol. The van der Waals surface area contributed by atoms with Gasteiger partial charge in [0.2, 0.25) is 0 Å². The number of nitro groups is 1. The third-order valence-electron chi connectivity index (χ3n) is 1.48. The Morgan fingerprint density at radius 2 is 1.75 bits per heavy atom. The molecule has 0 bridgehead atoms. The van der Waals surface area contributed by atoms with Crippen molar-refractivity contribution in [2.45, 2.75) is 4.90 Å². The number of nitro benzene ring substituents is 1. The summed E-state index contributed by atoms with van der Waals surface area (Å²) in [4.78, 5) is 8.51. The van der Waals surface area contributed by atoms with E-state index in [2.05, 4.69) is 0 Å². The second-order valence-corrected chi connectivity index (χ2v) is 4.52.